The van der Waals surface area contributed by atoms with Crippen LogP contribution in [0.1, 0.15) is 0 Å². The van der Waals surface area contributed by atoms with Gasteiger partial charge in [-0.1, -0.05) is 12.2 Å². The van der Waals surface area contributed by atoms with Crippen LogP contribution in [0.2, 0.25) is 0 Å². The molecule has 70 valence electrons. The highest BCUT2D eigenvalue weighted by atomic mass is 16.6. The van der Waals surface area contributed by atoms with Gasteiger partial charge in [-0.2, -0.15) is 0 Å². The van der Waals surface area contributed by atoms with Gasteiger partial charge < -0.3 is 0 Å². The molecule has 0 fully saturated rings. The first-order chi connectivity index (χ1) is 6.70. The number of nitrogens with zero attached hydrogens (tertiary/aromatic N) is 2. The summed E-state index contributed by atoms with van der Waals surface area (Å²) in [5, 5.41) is 10.6. The monoisotopic (exact) mass is 191 g/mol. The minimum absolute atomic E-state index is 0.0114. The predicted octanol–water partition coefficient (Wildman–Crippen LogP) is 1.32. The number of hydrogen-bond acceptors (Lipinski definition) is 3. The summed E-state index contributed by atoms with van der Waals surface area (Å²) in [4.78, 5) is 21.4. The van der Waals surface area contributed by atoms with Crippen molar-refractivity contribution in [2.45, 2.75) is 6.04 Å². The molecule has 2 aliphatic rings. The van der Waals surface area contributed by atoms with Crippen molar-refractivity contribution in [3.05, 3.63) is 62.9 Å². The van der Waals surface area contributed by atoms with Crippen LogP contribution in [0.5, 0.6) is 0 Å². The molecule has 0 N–H and O–H groups in total. The number of nitroso groups, excluding NO2 is 1. The molecule has 0 saturated carbocycles. The average Bonchev–Trinajstić information content (AvgIpc) is 2.18. The number of hydrogen-bond donors (Lipinski definition) is 0. The summed E-state index contributed by atoms with van der Waals surface area (Å²) in [6, 6.07) is -0.551. The van der Waals surface area contributed by atoms with Crippen molar-refractivity contribution < 1.29 is 9.68 Å². The molecule has 0 radical (unpaired) electrons. The normalized spacial score (nSPS) is 24.0. The van der Waals surface area contributed by atoms with E-state index in [9.17, 15) is 15.0 Å². The van der Waals surface area contributed by atoms with E-state index < -0.39 is 11.0 Å². The van der Waals surface area contributed by atoms with Crippen LogP contribution in [-0.2, 0) is 0 Å². The van der Waals surface area contributed by atoms with Crippen LogP contribution < -0.4 is 0 Å². The van der Waals surface area contributed by atoms with E-state index in [-0.39, 0.29) is 5.70 Å². The highest BCUT2D eigenvalue weighted by Crippen LogP contribution is 2.23. The Morgan fingerprint density at radius 3 is 2.86 bits per heavy atom. The van der Waals surface area contributed by atoms with Crippen molar-refractivity contribution in [3.63, 3.8) is 0 Å². The van der Waals surface area contributed by atoms with Gasteiger partial charge >= 0.3 is 0 Å². The van der Waals surface area contributed by atoms with Gasteiger partial charge in [-0.3, -0.25) is 10.1 Å². The van der Waals surface area contributed by atoms with E-state index >= 15 is 0 Å². The summed E-state index contributed by atoms with van der Waals surface area (Å²) < 4.78 is 0.697. The van der Waals surface area contributed by atoms with Gasteiger partial charge in [0.05, 0.1) is 11.0 Å². The molecule has 0 aromatic heterocycles. The third-order valence-electron chi connectivity index (χ3n) is 2.14. The average molecular weight is 191 g/mol. The maximum atomic E-state index is 11.3. The largest absolute Gasteiger partial charge is 0.285 e. The Morgan fingerprint density at radius 1 is 1.36 bits per heavy atom. The Bertz CT molecular complexity index is 429. The Hall–Kier alpha value is -2.04. The zero-order valence-electron chi connectivity index (χ0n) is 7.16. The number of nitro groups is 1. The van der Waals surface area contributed by atoms with E-state index in [1.807, 2.05) is 0 Å². The van der Waals surface area contributed by atoms with E-state index in [0.29, 0.717) is 10.3 Å². The van der Waals surface area contributed by atoms with Crippen molar-refractivity contribution in [1.29, 1.82) is 0 Å². The van der Waals surface area contributed by atoms with Gasteiger partial charge in [-0.25, -0.2) is 0 Å². The molecule has 0 saturated heterocycles. The first-order valence-corrected chi connectivity index (χ1v) is 4.07. The molecule has 1 aliphatic carbocycles. The van der Waals surface area contributed by atoms with Gasteiger partial charge in [0.15, 0.2) is 0 Å². The fourth-order valence-electron chi connectivity index (χ4n) is 1.49. The van der Waals surface area contributed by atoms with Gasteiger partial charge in [0.25, 0.3) is 11.7 Å². The molecular weight excluding hydrogens is 184 g/mol. The minimum atomic E-state index is -0.551. The van der Waals surface area contributed by atoms with E-state index in [4.69, 9.17) is 0 Å². The fraction of sp³-hybridized carbons (Fsp3) is 0.111. The second-order valence-corrected chi connectivity index (χ2v) is 2.96. The van der Waals surface area contributed by atoms with Crippen molar-refractivity contribution in [3.8, 4) is 0 Å². The van der Waals surface area contributed by atoms with Crippen LogP contribution in [0.4, 0.5) is 0 Å². The lowest BCUT2D eigenvalue weighted by molar-refractivity contribution is -0.506. The molecule has 0 spiro atoms. The van der Waals surface area contributed by atoms with Crippen molar-refractivity contribution in [2.24, 2.45) is 0 Å². The topological polar surface area (TPSA) is 63.2 Å². The second kappa shape index (κ2) is 3.02. The molecule has 0 amide bonds. The fourth-order valence-corrected chi connectivity index (χ4v) is 1.49. The van der Waals surface area contributed by atoms with E-state index in [1.165, 1.54) is 12.3 Å². The second-order valence-electron chi connectivity index (χ2n) is 2.96. The van der Waals surface area contributed by atoms with Gasteiger partial charge in [-0.05, 0) is 12.2 Å². The Morgan fingerprint density at radius 2 is 2.14 bits per heavy atom. The van der Waals surface area contributed by atoms with Crippen molar-refractivity contribution in [2.75, 3.05) is 0 Å². The molecule has 0 aromatic rings. The standard InChI is InChI=1S/C9H7N2O3/c12-10-6-5-9(11(13)14)7-3-1-2-4-8(7)10/h1-6,8H/q+1. The third-order valence-corrected chi connectivity index (χ3v) is 2.14. The lowest BCUT2D eigenvalue weighted by atomic mass is 9.98. The zero-order chi connectivity index (χ0) is 10.1. The Kier molecular flexibility index (Phi) is 1.85. The smallest absolute Gasteiger partial charge is 0.258 e. The summed E-state index contributed by atoms with van der Waals surface area (Å²) in [6.07, 6.45) is 9.02. The SMILES string of the molecule is O=[N+]([O-])C1=C2C=CC=CC2[N+](=O)C=C1. The van der Waals surface area contributed by atoms with Crippen LogP contribution >= 0.6 is 0 Å². The van der Waals surface area contributed by atoms with E-state index in [1.54, 1.807) is 24.3 Å². The third kappa shape index (κ3) is 1.19. The molecular formula is C9H7N2O3+. The van der Waals surface area contributed by atoms with Crippen LogP contribution in [0.25, 0.3) is 0 Å². The highest BCUT2D eigenvalue weighted by Gasteiger charge is 2.36. The first-order valence-electron chi connectivity index (χ1n) is 4.07. The van der Waals surface area contributed by atoms with E-state index in [0.717, 1.165) is 0 Å². The van der Waals surface area contributed by atoms with Gasteiger partial charge in [0.1, 0.15) is 5.57 Å². The molecule has 1 aliphatic heterocycles. The minimum Gasteiger partial charge on any atom is -0.258 e. The quantitative estimate of drug-likeness (QED) is 0.356. The molecule has 2 rings (SSSR count). The first kappa shape index (κ1) is 8.55. The molecule has 1 atom stereocenters. The van der Waals surface area contributed by atoms with Crippen LogP contribution in [0.15, 0.2) is 47.9 Å². The van der Waals surface area contributed by atoms with Crippen LogP contribution in [-0.4, -0.2) is 15.7 Å². The van der Waals surface area contributed by atoms with Crippen molar-refractivity contribution >= 4 is 0 Å². The van der Waals surface area contributed by atoms with Gasteiger partial charge in [-0.15, -0.1) is 0 Å². The molecule has 5 heteroatoms. The molecule has 0 aromatic carbocycles. The zero-order valence-corrected chi connectivity index (χ0v) is 7.16. The number of fused-ring (bicyclic) bond motifs is 1. The lowest BCUT2D eigenvalue weighted by Gasteiger charge is -2.10. The summed E-state index contributed by atoms with van der Waals surface area (Å²) in [5.41, 5.74) is 0.428. The molecule has 1 heterocycles. The molecule has 0 bridgehead atoms. The van der Waals surface area contributed by atoms with Gasteiger partial charge in [0, 0.05) is 9.67 Å². The van der Waals surface area contributed by atoms with Crippen LogP contribution in [0.3, 0.4) is 0 Å². The van der Waals surface area contributed by atoms with Crippen molar-refractivity contribution in [1.82, 2.24) is 0 Å². The Balaban J connectivity index is 2.55. The van der Waals surface area contributed by atoms with E-state index in [2.05, 4.69) is 0 Å². The van der Waals surface area contributed by atoms with Gasteiger partial charge in [0.2, 0.25) is 6.20 Å². The maximum Gasteiger partial charge on any atom is 0.285 e. The highest BCUT2D eigenvalue weighted by molar-refractivity contribution is 5.40. The van der Waals surface area contributed by atoms with Crippen LogP contribution in [0, 0.1) is 15.0 Å². The maximum absolute atomic E-state index is 11.3. The predicted molar refractivity (Wildman–Crippen MR) is 48.9 cm³/mol. The summed E-state index contributed by atoms with van der Waals surface area (Å²) in [5.74, 6) is 0. The molecule has 14 heavy (non-hydrogen) atoms. The lowest BCUT2D eigenvalue weighted by Crippen LogP contribution is -2.26. The number of rotatable bonds is 1. The Labute approximate surface area is 79.4 Å². The summed E-state index contributed by atoms with van der Waals surface area (Å²) in [6.45, 7) is 0. The summed E-state index contributed by atoms with van der Waals surface area (Å²) >= 11 is 0. The summed E-state index contributed by atoms with van der Waals surface area (Å²) in [7, 11) is 0. The molecule has 5 nitrogen and oxygen atoms in total. The molecule has 1 unspecified atom stereocenters. The number of allylic oxidation sites excluding steroid dienone is 3.